The first-order chi connectivity index (χ1) is 7.53. The first-order valence-corrected chi connectivity index (χ1v) is 5.62. The predicted octanol–water partition coefficient (Wildman–Crippen LogP) is 0.218. The summed E-state index contributed by atoms with van der Waals surface area (Å²) in [5.41, 5.74) is -0.734. The number of hydrogen-bond donors (Lipinski definition) is 2. The van der Waals surface area contributed by atoms with Gasteiger partial charge in [-0.25, -0.2) is 4.98 Å². The van der Waals surface area contributed by atoms with Crippen LogP contribution in [0.3, 0.4) is 0 Å². The van der Waals surface area contributed by atoms with Crippen LogP contribution in [0.5, 0.6) is 0 Å². The van der Waals surface area contributed by atoms with Gasteiger partial charge >= 0.3 is 0 Å². The molecule has 1 saturated carbocycles. The Labute approximate surface area is 93.1 Å². The number of nitrogens with zero attached hydrogens (tertiary/aromatic N) is 2. The van der Waals surface area contributed by atoms with Crippen molar-refractivity contribution in [3.63, 3.8) is 0 Å². The Morgan fingerprint density at radius 2 is 2.25 bits per heavy atom. The second-order valence-electron chi connectivity index (χ2n) is 5.12. The average molecular weight is 221 g/mol. The molecule has 1 aliphatic heterocycles. The van der Waals surface area contributed by atoms with Crippen LogP contribution in [-0.4, -0.2) is 33.8 Å². The molecule has 1 saturated heterocycles. The Balaban J connectivity index is 1.87. The van der Waals surface area contributed by atoms with E-state index < -0.39 is 5.60 Å². The number of nitrogens with one attached hydrogen (secondary N) is 1. The molecule has 0 aromatic carbocycles. The quantitative estimate of drug-likeness (QED) is 0.749. The highest BCUT2D eigenvalue weighted by atomic mass is 16.3. The zero-order valence-electron chi connectivity index (χ0n) is 9.23. The van der Waals surface area contributed by atoms with E-state index >= 15 is 0 Å². The van der Waals surface area contributed by atoms with Gasteiger partial charge in [0.1, 0.15) is 11.6 Å². The van der Waals surface area contributed by atoms with Crippen molar-refractivity contribution in [1.82, 2.24) is 9.97 Å². The Morgan fingerprint density at radius 1 is 1.56 bits per heavy atom. The summed E-state index contributed by atoms with van der Waals surface area (Å²) in [5.74, 6) is 1.93. The molecule has 2 N–H and O–H groups in total. The van der Waals surface area contributed by atoms with Crippen molar-refractivity contribution >= 4 is 5.82 Å². The Hall–Kier alpha value is -1.36. The second-order valence-corrected chi connectivity index (χ2v) is 5.12. The van der Waals surface area contributed by atoms with E-state index in [9.17, 15) is 9.90 Å². The molecule has 0 spiro atoms. The lowest BCUT2D eigenvalue weighted by Gasteiger charge is -2.44. The van der Waals surface area contributed by atoms with Gasteiger partial charge < -0.3 is 15.0 Å². The summed E-state index contributed by atoms with van der Waals surface area (Å²) in [6, 6.07) is 1.50. The van der Waals surface area contributed by atoms with Gasteiger partial charge in [-0.2, -0.15) is 0 Å². The average Bonchev–Trinajstić information content (AvgIpc) is 2.95. The van der Waals surface area contributed by atoms with Crippen molar-refractivity contribution < 1.29 is 5.11 Å². The van der Waals surface area contributed by atoms with Crippen molar-refractivity contribution in [3.8, 4) is 0 Å². The van der Waals surface area contributed by atoms with E-state index in [4.69, 9.17) is 0 Å². The predicted molar refractivity (Wildman–Crippen MR) is 59.7 cm³/mol. The number of aromatic amines is 1. The minimum absolute atomic E-state index is 0.0987. The van der Waals surface area contributed by atoms with Gasteiger partial charge in [0.25, 0.3) is 5.56 Å². The van der Waals surface area contributed by atoms with E-state index in [1.165, 1.54) is 6.07 Å². The third kappa shape index (κ3) is 1.71. The molecule has 16 heavy (non-hydrogen) atoms. The fraction of sp³-hybridized carbons (Fsp3) is 0.636. The molecule has 0 unspecified atom stereocenters. The van der Waals surface area contributed by atoms with Gasteiger partial charge in [-0.1, -0.05) is 0 Å². The fourth-order valence-corrected chi connectivity index (χ4v) is 2.11. The zero-order chi connectivity index (χ0) is 11.3. The summed E-state index contributed by atoms with van der Waals surface area (Å²) in [4.78, 5) is 20.6. The molecule has 0 radical (unpaired) electrons. The van der Waals surface area contributed by atoms with Gasteiger partial charge in [0.2, 0.25) is 0 Å². The maximum absolute atomic E-state index is 11.5. The number of anilines is 1. The first kappa shape index (κ1) is 9.84. The highest BCUT2D eigenvalue weighted by molar-refractivity contribution is 5.43. The highest BCUT2D eigenvalue weighted by Gasteiger charge is 2.38. The van der Waals surface area contributed by atoms with Crippen molar-refractivity contribution in [2.24, 2.45) is 0 Å². The molecule has 5 heteroatoms. The van der Waals surface area contributed by atoms with E-state index in [0.717, 1.165) is 18.7 Å². The maximum Gasteiger partial charge on any atom is 0.252 e. The molecule has 1 aromatic heterocycles. The molecule has 0 atom stereocenters. The van der Waals surface area contributed by atoms with E-state index in [2.05, 4.69) is 9.97 Å². The number of H-pyrrole nitrogens is 1. The van der Waals surface area contributed by atoms with E-state index in [1.54, 1.807) is 6.92 Å². The SMILES string of the molecule is CC1(O)CN(c2cc(=O)[nH]c(C3CC3)n2)C1. The number of hydrogen-bond acceptors (Lipinski definition) is 4. The fourth-order valence-electron chi connectivity index (χ4n) is 2.11. The summed E-state index contributed by atoms with van der Waals surface area (Å²) in [7, 11) is 0. The number of aliphatic hydroxyl groups is 1. The van der Waals surface area contributed by atoms with Crippen LogP contribution >= 0.6 is 0 Å². The molecule has 1 aliphatic carbocycles. The number of aromatic nitrogens is 2. The van der Waals surface area contributed by atoms with Gasteiger partial charge in [0.15, 0.2) is 0 Å². The molecule has 86 valence electrons. The number of β-amino-alcohol motifs (C(OH)–C–C–N with tert-alkyl or cyclic N) is 1. The first-order valence-electron chi connectivity index (χ1n) is 5.62. The van der Waals surface area contributed by atoms with Crippen LogP contribution < -0.4 is 10.5 Å². The van der Waals surface area contributed by atoms with Crippen LogP contribution in [0, 0.1) is 0 Å². The topological polar surface area (TPSA) is 69.2 Å². The smallest absolute Gasteiger partial charge is 0.252 e. The molecule has 3 rings (SSSR count). The molecule has 2 aliphatic rings. The van der Waals surface area contributed by atoms with E-state index in [-0.39, 0.29) is 5.56 Å². The van der Waals surface area contributed by atoms with Crippen molar-refractivity contribution in [1.29, 1.82) is 0 Å². The van der Waals surface area contributed by atoms with E-state index in [0.29, 0.717) is 24.8 Å². The second kappa shape index (κ2) is 3.07. The minimum atomic E-state index is -0.635. The Bertz CT molecular complexity index is 468. The lowest BCUT2D eigenvalue weighted by Crippen LogP contribution is -2.60. The normalized spacial score (nSPS) is 23.0. The monoisotopic (exact) mass is 221 g/mol. The molecule has 2 fully saturated rings. The van der Waals surface area contributed by atoms with Gasteiger partial charge in [-0.05, 0) is 19.8 Å². The van der Waals surface area contributed by atoms with Crippen molar-refractivity contribution in [2.75, 3.05) is 18.0 Å². The lowest BCUT2D eigenvalue weighted by molar-refractivity contribution is 0.0305. The molecule has 5 nitrogen and oxygen atoms in total. The zero-order valence-corrected chi connectivity index (χ0v) is 9.23. The van der Waals surface area contributed by atoms with Crippen LogP contribution in [0.25, 0.3) is 0 Å². The van der Waals surface area contributed by atoms with Crippen LogP contribution in [0.2, 0.25) is 0 Å². The van der Waals surface area contributed by atoms with Crippen LogP contribution in [0.4, 0.5) is 5.82 Å². The molecule has 2 heterocycles. The van der Waals surface area contributed by atoms with Crippen LogP contribution in [0.15, 0.2) is 10.9 Å². The number of rotatable bonds is 2. The van der Waals surface area contributed by atoms with Crippen LogP contribution in [0.1, 0.15) is 31.5 Å². The van der Waals surface area contributed by atoms with Gasteiger partial charge in [-0.15, -0.1) is 0 Å². The third-order valence-electron chi connectivity index (χ3n) is 3.10. The summed E-state index contributed by atoms with van der Waals surface area (Å²) in [6.45, 7) is 2.89. The lowest BCUT2D eigenvalue weighted by atomic mass is 9.97. The molecule has 0 amide bonds. The molecule has 0 bridgehead atoms. The van der Waals surface area contributed by atoms with E-state index in [1.807, 2.05) is 4.90 Å². The summed E-state index contributed by atoms with van der Waals surface area (Å²) < 4.78 is 0. The van der Waals surface area contributed by atoms with Crippen molar-refractivity contribution in [2.45, 2.75) is 31.3 Å². The molecular weight excluding hydrogens is 206 g/mol. The summed E-state index contributed by atoms with van der Waals surface area (Å²) >= 11 is 0. The third-order valence-corrected chi connectivity index (χ3v) is 3.10. The molecular formula is C11H15N3O2. The largest absolute Gasteiger partial charge is 0.386 e. The Kier molecular flexibility index (Phi) is 1.89. The molecule has 1 aromatic rings. The maximum atomic E-state index is 11.5. The minimum Gasteiger partial charge on any atom is -0.386 e. The van der Waals surface area contributed by atoms with Crippen LogP contribution in [-0.2, 0) is 0 Å². The highest BCUT2D eigenvalue weighted by Crippen LogP contribution is 2.38. The Morgan fingerprint density at radius 3 is 2.81 bits per heavy atom. The summed E-state index contributed by atoms with van der Waals surface area (Å²) in [6.07, 6.45) is 2.23. The van der Waals surface area contributed by atoms with Gasteiger partial charge in [0, 0.05) is 25.1 Å². The standard InChI is InChI=1S/C11H15N3O2/c1-11(16)5-14(6-11)8-4-9(15)13-10(12-8)7-2-3-7/h4,7,16H,2-3,5-6H2,1H3,(H,12,13,15). The van der Waals surface area contributed by atoms with Crippen molar-refractivity contribution in [3.05, 3.63) is 22.2 Å². The van der Waals surface area contributed by atoms with Gasteiger partial charge in [-0.3, -0.25) is 4.79 Å². The summed E-state index contributed by atoms with van der Waals surface area (Å²) in [5, 5.41) is 9.65. The van der Waals surface area contributed by atoms with Gasteiger partial charge in [0.05, 0.1) is 5.60 Å².